The van der Waals surface area contributed by atoms with E-state index in [0.29, 0.717) is 10.6 Å². The number of benzene rings is 2. The maximum absolute atomic E-state index is 12.6. The summed E-state index contributed by atoms with van der Waals surface area (Å²) >= 11 is 1.48. The number of thiophene rings is 1. The van der Waals surface area contributed by atoms with Gasteiger partial charge in [-0.2, -0.15) is 0 Å². The second-order valence-corrected chi connectivity index (χ2v) is 8.00. The number of nitrogens with one attached hydrogen (secondary N) is 1. The van der Waals surface area contributed by atoms with Gasteiger partial charge in [0.05, 0.1) is 0 Å². The molecule has 0 radical (unpaired) electrons. The van der Waals surface area contributed by atoms with Crippen molar-refractivity contribution in [3.8, 4) is 11.1 Å². The van der Waals surface area contributed by atoms with Crippen LogP contribution in [-0.2, 0) is 22.4 Å². The summed E-state index contributed by atoms with van der Waals surface area (Å²) in [6.07, 6.45) is 2.31. The van der Waals surface area contributed by atoms with Gasteiger partial charge in [0, 0.05) is 16.1 Å². The van der Waals surface area contributed by atoms with Crippen LogP contribution in [0, 0.1) is 0 Å². The van der Waals surface area contributed by atoms with E-state index >= 15 is 0 Å². The predicted molar refractivity (Wildman–Crippen MR) is 112 cm³/mol. The van der Waals surface area contributed by atoms with Gasteiger partial charge < -0.3 is 10.1 Å². The number of amides is 1. The third-order valence-corrected chi connectivity index (χ3v) is 6.09. The second kappa shape index (κ2) is 7.98. The highest BCUT2D eigenvalue weighted by Gasteiger charge is 2.23. The lowest BCUT2D eigenvalue weighted by Crippen LogP contribution is -2.30. The number of ether oxygens (including phenoxy) is 1. The normalized spacial score (nSPS) is 13.6. The van der Waals surface area contributed by atoms with E-state index in [9.17, 15) is 9.59 Å². The molecule has 1 amide bonds. The highest BCUT2D eigenvalue weighted by Crippen LogP contribution is 2.31. The van der Waals surface area contributed by atoms with Crippen molar-refractivity contribution in [1.29, 1.82) is 0 Å². The lowest BCUT2D eigenvalue weighted by molar-refractivity contribution is -0.123. The van der Waals surface area contributed by atoms with Gasteiger partial charge in [-0.3, -0.25) is 4.79 Å². The summed E-state index contributed by atoms with van der Waals surface area (Å²) in [5, 5.41) is 2.89. The van der Waals surface area contributed by atoms with E-state index in [1.54, 1.807) is 6.92 Å². The lowest BCUT2D eigenvalue weighted by atomic mass is 10.0. The van der Waals surface area contributed by atoms with Crippen LogP contribution in [0.25, 0.3) is 11.1 Å². The molecule has 1 atom stereocenters. The van der Waals surface area contributed by atoms with Gasteiger partial charge in [-0.1, -0.05) is 48.5 Å². The van der Waals surface area contributed by atoms with Crippen LogP contribution in [0.2, 0.25) is 0 Å². The van der Waals surface area contributed by atoms with E-state index < -0.39 is 12.1 Å². The molecule has 0 saturated heterocycles. The molecule has 1 aromatic heterocycles. The first kappa shape index (κ1) is 18.4. The molecule has 0 saturated carbocycles. The van der Waals surface area contributed by atoms with Gasteiger partial charge in [0.15, 0.2) is 6.10 Å². The zero-order valence-electron chi connectivity index (χ0n) is 15.6. The molecule has 4 rings (SSSR count). The van der Waals surface area contributed by atoms with Crippen LogP contribution < -0.4 is 5.32 Å². The van der Waals surface area contributed by atoms with E-state index in [4.69, 9.17) is 4.74 Å². The van der Waals surface area contributed by atoms with Crippen LogP contribution in [0.3, 0.4) is 0 Å². The standard InChI is InChI=1S/C23H21NO3S/c1-15(27-23(26)21-14-17-10-7-13-20(17)28-21)22(25)24-19-12-6-5-11-18(19)16-8-3-2-4-9-16/h2-6,8-9,11-12,14-15H,7,10,13H2,1H3,(H,24,25)/t15-/m1/s1. The van der Waals surface area contributed by atoms with Crippen LogP contribution in [0.15, 0.2) is 60.7 Å². The SMILES string of the molecule is C[C@@H](OC(=O)c1cc2c(s1)CCC2)C(=O)Nc1ccccc1-c1ccccc1. The Hall–Kier alpha value is -2.92. The number of hydrogen-bond donors (Lipinski definition) is 1. The number of hydrogen-bond acceptors (Lipinski definition) is 4. The zero-order valence-corrected chi connectivity index (χ0v) is 16.4. The fourth-order valence-electron chi connectivity index (χ4n) is 3.40. The Morgan fingerprint density at radius 1 is 1.04 bits per heavy atom. The molecule has 3 aromatic rings. The maximum atomic E-state index is 12.6. The third kappa shape index (κ3) is 3.85. The molecule has 0 fully saturated rings. The maximum Gasteiger partial charge on any atom is 0.349 e. The van der Waals surface area contributed by atoms with Crippen LogP contribution in [0.5, 0.6) is 0 Å². The Bertz CT molecular complexity index is 988. The second-order valence-electron chi connectivity index (χ2n) is 6.86. The molecule has 0 aliphatic heterocycles. The number of carbonyl (C=O) groups is 2. The van der Waals surface area contributed by atoms with Crippen LogP contribution in [0.4, 0.5) is 5.69 Å². The molecular formula is C23H21NO3S. The number of rotatable bonds is 5. The van der Waals surface area contributed by atoms with Crippen LogP contribution in [0.1, 0.15) is 33.5 Å². The molecule has 28 heavy (non-hydrogen) atoms. The number of fused-ring (bicyclic) bond motifs is 1. The number of para-hydroxylation sites is 1. The fraction of sp³-hybridized carbons (Fsp3) is 0.217. The van der Waals surface area contributed by atoms with E-state index in [-0.39, 0.29) is 5.91 Å². The van der Waals surface area contributed by atoms with Crippen LogP contribution in [-0.4, -0.2) is 18.0 Å². The van der Waals surface area contributed by atoms with Gasteiger partial charge in [0.1, 0.15) is 4.88 Å². The van der Waals surface area contributed by atoms with Crippen LogP contribution >= 0.6 is 11.3 Å². The Morgan fingerprint density at radius 3 is 2.57 bits per heavy atom. The summed E-state index contributed by atoms with van der Waals surface area (Å²) in [6, 6.07) is 19.3. The molecule has 0 unspecified atom stereocenters. The van der Waals surface area contributed by atoms with Crippen molar-refractivity contribution in [2.24, 2.45) is 0 Å². The lowest BCUT2D eigenvalue weighted by Gasteiger charge is -2.15. The molecule has 0 spiro atoms. The van der Waals surface area contributed by atoms with E-state index in [2.05, 4.69) is 5.32 Å². The average molecular weight is 391 g/mol. The summed E-state index contributed by atoms with van der Waals surface area (Å²) in [7, 11) is 0. The summed E-state index contributed by atoms with van der Waals surface area (Å²) in [4.78, 5) is 26.9. The predicted octanol–water partition coefficient (Wildman–Crippen LogP) is 5.09. The van der Waals surface area contributed by atoms with E-state index in [1.807, 2.05) is 60.7 Å². The quantitative estimate of drug-likeness (QED) is 0.617. The first-order valence-corrected chi connectivity index (χ1v) is 10.2. The van der Waals surface area contributed by atoms with Gasteiger partial charge in [-0.25, -0.2) is 4.79 Å². The van der Waals surface area contributed by atoms with Crippen molar-refractivity contribution >= 4 is 28.9 Å². The largest absolute Gasteiger partial charge is 0.448 e. The summed E-state index contributed by atoms with van der Waals surface area (Å²) < 4.78 is 5.41. The molecule has 1 aliphatic carbocycles. The third-order valence-electron chi connectivity index (χ3n) is 4.87. The van der Waals surface area contributed by atoms with Gasteiger partial charge in [-0.15, -0.1) is 11.3 Å². The highest BCUT2D eigenvalue weighted by atomic mass is 32.1. The van der Waals surface area contributed by atoms with Gasteiger partial charge in [0.2, 0.25) is 0 Å². The molecule has 5 heteroatoms. The molecule has 142 valence electrons. The Kier molecular flexibility index (Phi) is 5.26. The van der Waals surface area contributed by atoms with E-state index in [0.717, 1.165) is 30.4 Å². The zero-order chi connectivity index (χ0) is 19.5. The molecule has 1 N–H and O–H groups in total. The smallest absolute Gasteiger partial charge is 0.349 e. The number of anilines is 1. The summed E-state index contributed by atoms with van der Waals surface area (Å²) in [5.41, 5.74) is 3.86. The molecule has 0 bridgehead atoms. The van der Waals surface area contributed by atoms with Crippen molar-refractivity contribution in [1.82, 2.24) is 0 Å². The highest BCUT2D eigenvalue weighted by molar-refractivity contribution is 7.14. The average Bonchev–Trinajstić information content (AvgIpc) is 3.31. The monoisotopic (exact) mass is 391 g/mol. The number of aryl methyl sites for hydroxylation is 2. The molecule has 1 aliphatic rings. The van der Waals surface area contributed by atoms with Gasteiger partial charge >= 0.3 is 5.97 Å². The number of carbonyl (C=O) groups excluding carboxylic acids is 2. The Labute approximate surface area is 168 Å². The molecular weight excluding hydrogens is 370 g/mol. The minimum absolute atomic E-state index is 0.346. The fourth-order valence-corrected chi connectivity index (χ4v) is 4.53. The number of esters is 1. The summed E-state index contributed by atoms with van der Waals surface area (Å²) in [5.74, 6) is -0.778. The molecule has 1 heterocycles. The van der Waals surface area contributed by atoms with Gasteiger partial charge in [0.25, 0.3) is 5.91 Å². The first-order valence-electron chi connectivity index (χ1n) is 9.39. The van der Waals surface area contributed by atoms with Crippen molar-refractivity contribution < 1.29 is 14.3 Å². The van der Waals surface area contributed by atoms with E-state index in [1.165, 1.54) is 21.8 Å². The molecule has 4 nitrogen and oxygen atoms in total. The van der Waals surface area contributed by atoms with Crippen molar-refractivity contribution in [3.63, 3.8) is 0 Å². The summed E-state index contributed by atoms with van der Waals surface area (Å²) in [6.45, 7) is 1.60. The van der Waals surface area contributed by atoms with Crippen molar-refractivity contribution in [3.05, 3.63) is 76.0 Å². The first-order chi connectivity index (χ1) is 13.6. The topological polar surface area (TPSA) is 55.4 Å². The molecule has 2 aromatic carbocycles. The Morgan fingerprint density at radius 2 is 1.79 bits per heavy atom. The Balaban J connectivity index is 1.44. The minimum atomic E-state index is -0.881. The minimum Gasteiger partial charge on any atom is -0.448 e. The van der Waals surface area contributed by atoms with Crippen molar-refractivity contribution in [2.45, 2.75) is 32.3 Å². The van der Waals surface area contributed by atoms with Crippen molar-refractivity contribution in [2.75, 3.05) is 5.32 Å². The van der Waals surface area contributed by atoms with Gasteiger partial charge in [-0.05, 0) is 49.4 Å².